The maximum atomic E-state index is 11.6. The van der Waals surface area contributed by atoms with Gasteiger partial charge in [-0.05, 0) is 36.7 Å². The van der Waals surface area contributed by atoms with Crippen LogP contribution in [0, 0.1) is 5.41 Å². The molecule has 0 unspecified atom stereocenters. The third kappa shape index (κ3) is 2.39. The SMILES string of the molecule is N=C(N)c1ccc(Sc2n[nH]c(=O)n2C2CC2)nc1. The van der Waals surface area contributed by atoms with Gasteiger partial charge in [-0.25, -0.2) is 14.9 Å². The van der Waals surface area contributed by atoms with Gasteiger partial charge < -0.3 is 5.73 Å². The molecule has 3 rings (SSSR count). The number of aromatic amines is 1. The molecule has 0 aromatic carbocycles. The number of hydrogen-bond acceptors (Lipinski definition) is 5. The minimum atomic E-state index is -0.176. The van der Waals surface area contributed by atoms with Crippen LogP contribution in [0.25, 0.3) is 0 Å². The van der Waals surface area contributed by atoms with Crippen molar-refractivity contribution < 1.29 is 0 Å². The molecule has 2 heterocycles. The van der Waals surface area contributed by atoms with Gasteiger partial charge in [-0.2, -0.15) is 0 Å². The molecule has 0 radical (unpaired) electrons. The number of rotatable bonds is 4. The molecule has 1 saturated carbocycles. The molecule has 2 aromatic rings. The predicted molar refractivity (Wildman–Crippen MR) is 70.5 cm³/mol. The fraction of sp³-hybridized carbons (Fsp3) is 0.273. The molecule has 0 saturated heterocycles. The van der Waals surface area contributed by atoms with Gasteiger partial charge in [-0.1, -0.05) is 0 Å². The molecule has 8 heteroatoms. The molecule has 1 aliphatic carbocycles. The highest BCUT2D eigenvalue weighted by Gasteiger charge is 2.28. The normalized spacial score (nSPS) is 14.5. The van der Waals surface area contributed by atoms with Gasteiger partial charge in [-0.3, -0.25) is 9.98 Å². The molecule has 4 N–H and O–H groups in total. The molecule has 19 heavy (non-hydrogen) atoms. The van der Waals surface area contributed by atoms with Gasteiger partial charge in [0.05, 0.1) is 0 Å². The smallest absolute Gasteiger partial charge is 0.344 e. The lowest BCUT2D eigenvalue weighted by Crippen LogP contribution is -2.16. The molecule has 1 aliphatic rings. The Morgan fingerprint density at radius 3 is 2.89 bits per heavy atom. The van der Waals surface area contributed by atoms with E-state index in [1.54, 1.807) is 16.7 Å². The molecule has 0 aliphatic heterocycles. The summed E-state index contributed by atoms with van der Waals surface area (Å²) in [5.41, 5.74) is 5.76. The lowest BCUT2D eigenvalue weighted by molar-refractivity contribution is 0.642. The highest BCUT2D eigenvalue weighted by atomic mass is 32.2. The molecule has 0 spiro atoms. The van der Waals surface area contributed by atoms with Crippen LogP contribution in [0.4, 0.5) is 0 Å². The van der Waals surface area contributed by atoms with E-state index in [-0.39, 0.29) is 17.6 Å². The van der Waals surface area contributed by atoms with Crippen LogP contribution < -0.4 is 11.4 Å². The Bertz CT molecular complexity index is 669. The molecule has 2 aromatic heterocycles. The van der Waals surface area contributed by atoms with Gasteiger partial charge in [0.25, 0.3) is 0 Å². The first kappa shape index (κ1) is 12.0. The highest BCUT2D eigenvalue weighted by molar-refractivity contribution is 7.99. The van der Waals surface area contributed by atoms with Gasteiger partial charge in [0, 0.05) is 17.8 Å². The van der Waals surface area contributed by atoms with Gasteiger partial charge in [0.1, 0.15) is 10.9 Å². The molecule has 1 fully saturated rings. The highest BCUT2D eigenvalue weighted by Crippen LogP contribution is 2.37. The fourth-order valence-electron chi connectivity index (χ4n) is 1.71. The molecule has 7 nitrogen and oxygen atoms in total. The van der Waals surface area contributed by atoms with Crippen molar-refractivity contribution in [1.29, 1.82) is 5.41 Å². The lowest BCUT2D eigenvalue weighted by atomic mass is 10.3. The van der Waals surface area contributed by atoms with Crippen molar-refractivity contribution in [3.8, 4) is 0 Å². The van der Waals surface area contributed by atoms with E-state index in [4.69, 9.17) is 11.1 Å². The van der Waals surface area contributed by atoms with Crippen LogP contribution >= 0.6 is 11.8 Å². The first-order valence-corrected chi connectivity index (χ1v) is 6.62. The van der Waals surface area contributed by atoms with E-state index in [0.717, 1.165) is 12.8 Å². The largest absolute Gasteiger partial charge is 0.384 e. The van der Waals surface area contributed by atoms with Crippen molar-refractivity contribution in [2.24, 2.45) is 5.73 Å². The van der Waals surface area contributed by atoms with E-state index in [9.17, 15) is 4.79 Å². The first-order chi connectivity index (χ1) is 9.15. The van der Waals surface area contributed by atoms with E-state index >= 15 is 0 Å². The first-order valence-electron chi connectivity index (χ1n) is 5.80. The minimum Gasteiger partial charge on any atom is -0.384 e. The van der Waals surface area contributed by atoms with Gasteiger partial charge in [-0.15, -0.1) is 5.10 Å². The molecule has 98 valence electrons. The number of nitrogen functional groups attached to an aromatic ring is 1. The summed E-state index contributed by atoms with van der Waals surface area (Å²) >= 11 is 1.32. The van der Waals surface area contributed by atoms with Crippen molar-refractivity contribution in [1.82, 2.24) is 19.7 Å². The Morgan fingerprint density at radius 1 is 1.53 bits per heavy atom. The minimum absolute atomic E-state index is 0.0151. The Morgan fingerprint density at radius 2 is 2.32 bits per heavy atom. The standard InChI is InChI=1S/C11H12N6OS/c12-9(13)6-1-4-8(14-5-6)19-11-16-15-10(18)17(11)7-2-3-7/h1,4-5,7H,2-3H2,(H3,12,13)(H,15,18). The number of aromatic nitrogens is 4. The summed E-state index contributed by atoms with van der Waals surface area (Å²) in [6.07, 6.45) is 3.57. The van der Waals surface area contributed by atoms with Crippen LogP contribution in [0.5, 0.6) is 0 Å². The summed E-state index contributed by atoms with van der Waals surface area (Å²) < 4.78 is 1.67. The quantitative estimate of drug-likeness (QED) is 0.563. The summed E-state index contributed by atoms with van der Waals surface area (Å²) in [6, 6.07) is 3.76. The van der Waals surface area contributed by atoms with E-state index in [2.05, 4.69) is 15.2 Å². The Balaban J connectivity index is 1.85. The molecule has 0 atom stereocenters. The zero-order valence-corrected chi connectivity index (χ0v) is 10.8. The monoisotopic (exact) mass is 276 g/mol. The number of amidine groups is 1. The van der Waals surface area contributed by atoms with E-state index in [0.29, 0.717) is 15.7 Å². The second-order valence-corrected chi connectivity index (χ2v) is 5.30. The number of nitrogens with one attached hydrogen (secondary N) is 2. The summed E-state index contributed by atoms with van der Waals surface area (Å²) in [5.74, 6) is -0.0151. The van der Waals surface area contributed by atoms with Crippen LogP contribution in [-0.2, 0) is 0 Å². The van der Waals surface area contributed by atoms with E-state index < -0.39 is 0 Å². The van der Waals surface area contributed by atoms with E-state index in [1.807, 2.05) is 0 Å². The van der Waals surface area contributed by atoms with E-state index in [1.165, 1.54) is 18.0 Å². The number of hydrogen-bond donors (Lipinski definition) is 3. The summed E-state index contributed by atoms with van der Waals surface area (Å²) in [7, 11) is 0. The summed E-state index contributed by atoms with van der Waals surface area (Å²) in [5, 5.41) is 15.1. The van der Waals surface area contributed by atoms with Crippen LogP contribution in [0.2, 0.25) is 0 Å². The van der Waals surface area contributed by atoms with Crippen LogP contribution in [0.3, 0.4) is 0 Å². The zero-order chi connectivity index (χ0) is 13.4. The predicted octanol–water partition coefficient (Wildman–Crippen LogP) is 0.737. The van der Waals surface area contributed by atoms with Gasteiger partial charge in [0.2, 0.25) is 0 Å². The van der Waals surface area contributed by atoms with Crippen molar-refractivity contribution in [2.75, 3.05) is 0 Å². The number of pyridine rings is 1. The lowest BCUT2D eigenvalue weighted by Gasteiger charge is -2.03. The van der Waals surface area contributed by atoms with Crippen molar-refractivity contribution in [3.63, 3.8) is 0 Å². The van der Waals surface area contributed by atoms with Crippen molar-refractivity contribution in [3.05, 3.63) is 34.4 Å². The average molecular weight is 276 g/mol. The Hall–Kier alpha value is -2.09. The van der Waals surface area contributed by atoms with Crippen LogP contribution in [-0.4, -0.2) is 25.6 Å². The fourth-order valence-corrected chi connectivity index (χ4v) is 2.56. The third-order valence-corrected chi connectivity index (χ3v) is 3.75. The molecular formula is C11H12N6OS. The molecular weight excluding hydrogens is 264 g/mol. The zero-order valence-electron chi connectivity index (χ0n) is 9.96. The van der Waals surface area contributed by atoms with Gasteiger partial charge in [0.15, 0.2) is 5.16 Å². The second-order valence-electron chi connectivity index (χ2n) is 4.31. The van der Waals surface area contributed by atoms with Gasteiger partial charge >= 0.3 is 5.69 Å². The third-order valence-electron chi connectivity index (χ3n) is 2.83. The molecule has 0 amide bonds. The summed E-state index contributed by atoms with van der Waals surface area (Å²) in [6.45, 7) is 0. The Kier molecular flexibility index (Phi) is 2.86. The maximum Gasteiger partial charge on any atom is 0.344 e. The Labute approximate surface area is 112 Å². The average Bonchev–Trinajstić information content (AvgIpc) is 3.16. The summed E-state index contributed by atoms with van der Waals surface area (Å²) in [4.78, 5) is 15.8. The second kappa shape index (κ2) is 4.54. The number of H-pyrrole nitrogens is 1. The number of nitrogens with zero attached hydrogens (tertiary/aromatic N) is 3. The van der Waals surface area contributed by atoms with Crippen molar-refractivity contribution in [2.45, 2.75) is 29.1 Å². The topological polar surface area (TPSA) is 113 Å². The van der Waals surface area contributed by atoms with Crippen LogP contribution in [0.1, 0.15) is 24.4 Å². The van der Waals surface area contributed by atoms with Crippen LogP contribution in [0.15, 0.2) is 33.3 Å². The van der Waals surface area contributed by atoms with Crippen molar-refractivity contribution >= 4 is 17.6 Å². The maximum absolute atomic E-state index is 11.6. The number of nitrogens with two attached hydrogens (primary N) is 1. The molecule has 0 bridgehead atoms.